The van der Waals surface area contributed by atoms with Gasteiger partial charge < -0.3 is 5.32 Å². The number of hydrogen-bond donors (Lipinski definition) is 1. The van der Waals surface area contributed by atoms with Gasteiger partial charge in [-0.15, -0.1) is 0 Å². The molecule has 0 heterocycles. The molecule has 0 spiro atoms. The number of ketones is 1. The maximum absolute atomic E-state index is 11.5. The number of sulfonamides is 1. The lowest BCUT2D eigenvalue weighted by Crippen LogP contribution is -2.37. The van der Waals surface area contributed by atoms with E-state index in [4.69, 9.17) is 0 Å². The summed E-state index contributed by atoms with van der Waals surface area (Å²) < 4.78 is 23.3. The molecule has 6 nitrogen and oxygen atoms in total. The first kappa shape index (κ1) is 17.9. The Morgan fingerprint density at radius 3 is 2.32 bits per heavy atom. The van der Waals surface area contributed by atoms with Crippen molar-refractivity contribution in [3.8, 4) is 11.8 Å². The van der Waals surface area contributed by atoms with Crippen molar-refractivity contribution in [1.29, 1.82) is 0 Å². The second-order valence-electron chi connectivity index (χ2n) is 4.73. The first-order chi connectivity index (χ1) is 10.2. The lowest BCUT2D eigenvalue weighted by Gasteiger charge is -2.12. The number of carbonyl (C=O) groups excluding carboxylic acids is 2. The average molecular weight is 322 g/mol. The Labute approximate surface area is 130 Å². The quantitative estimate of drug-likeness (QED) is 0.622. The molecule has 0 aliphatic carbocycles. The van der Waals surface area contributed by atoms with Crippen LogP contribution in [-0.4, -0.2) is 50.8 Å². The highest BCUT2D eigenvalue weighted by molar-refractivity contribution is 7.88. The van der Waals surface area contributed by atoms with Crippen molar-refractivity contribution in [2.45, 2.75) is 6.92 Å². The number of nitrogens with one attached hydrogen (secondary N) is 1. The Kier molecular flexibility index (Phi) is 6.28. The molecule has 7 heteroatoms. The van der Waals surface area contributed by atoms with Crippen molar-refractivity contribution >= 4 is 21.7 Å². The van der Waals surface area contributed by atoms with Crippen molar-refractivity contribution in [3.63, 3.8) is 0 Å². The molecule has 1 rings (SSSR count). The SMILES string of the molecule is CC(=O)c1ccc(C#CCNC(=O)CN(C)S(C)(=O)=O)cc1. The molecule has 1 N–H and O–H groups in total. The van der Waals surface area contributed by atoms with E-state index in [1.54, 1.807) is 24.3 Å². The molecule has 0 fully saturated rings. The summed E-state index contributed by atoms with van der Waals surface area (Å²) in [5.41, 5.74) is 1.34. The van der Waals surface area contributed by atoms with Crippen molar-refractivity contribution < 1.29 is 18.0 Å². The molecule has 0 saturated carbocycles. The summed E-state index contributed by atoms with van der Waals surface area (Å²) in [5, 5.41) is 2.51. The summed E-state index contributed by atoms with van der Waals surface area (Å²) >= 11 is 0. The molecule has 0 radical (unpaired) electrons. The zero-order valence-electron chi connectivity index (χ0n) is 12.7. The van der Waals surface area contributed by atoms with E-state index in [1.807, 2.05) is 0 Å². The Morgan fingerprint density at radius 2 is 1.82 bits per heavy atom. The Balaban J connectivity index is 2.48. The molecule has 0 aliphatic rings. The van der Waals surface area contributed by atoms with Crippen LogP contribution in [0.4, 0.5) is 0 Å². The number of hydrogen-bond acceptors (Lipinski definition) is 4. The molecule has 1 amide bonds. The lowest BCUT2D eigenvalue weighted by atomic mass is 10.1. The number of nitrogens with zero attached hydrogens (tertiary/aromatic N) is 1. The van der Waals surface area contributed by atoms with Crippen LogP contribution in [0.15, 0.2) is 24.3 Å². The molecule has 1 aromatic carbocycles. The molecule has 0 saturated heterocycles. The summed E-state index contributed by atoms with van der Waals surface area (Å²) in [7, 11) is -2.04. The van der Waals surface area contributed by atoms with Crippen molar-refractivity contribution in [3.05, 3.63) is 35.4 Å². The third kappa shape index (κ3) is 6.08. The summed E-state index contributed by atoms with van der Waals surface area (Å²) in [6.07, 6.45) is 1.03. The van der Waals surface area contributed by atoms with Gasteiger partial charge in [0.05, 0.1) is 19.3 Å². The number of carbonyl (C=O) groups is 2. The molecule has 0 aliphatic heterocycles. The molecule has 0 atom stereocenters. The van der Waals surface area contributed by atoms with E-state index >= 15 is 0 Å². The van der Waals surface area contributed by atoms with Crippen LogP contribution in [-0.2, 0) is 14.8 Å². The predicted molar refractivity (Wildman–Crippen MR) is 83.8 cm³/mol. The molecule has 22 heavy (non-hydrogen) atoms. The highest BCUT2D eigenvalue weighted by Gasteiger charge is 2.14. The van der Waals surface area contributed by atoms with Gasteiger partial charge in [0.2, 0.25) is 15.9 Å². The first-order valence-corrected chi connectivity index (χ1v) is 8.33. The van der Waals surface area contributed by atoms with Crippen LogP contribution in [0.3, 0.4) is 0 Å². The van der Waals surface area contributed by atoms with Gasteiger partial charge in [0.15, 0.2) is 5.78 Å². The topological polar surface area (TPSA) is 83.6 Å². The summed E-state index contributed by atoms with van der Waals surface area (Å²) in [6.45, 7) is 1.36. The molecule has 0 aromatic heterocycles. The number of benzene rings is 1. The van der Waals surface area contributed by atoms with E-state index in [9.17, 15) is 18.0 Å². The maximum Gasteiger partial charge on any atom is 0.236 e. The van der Waals surface area contributed by atoms with E-state index in [1.165, 1.54) is 14.0 Å². The Hall–Kier alpha value is -2.17. The third-order valence-electron chi connectivity index (χ3n) is 2.83. The highest BCUT2D eigenvalue weighted by Crippen LogP contribution is 2.03. The van der Waals surface area contributed by atoms with E-state index in [2.05, 4.69) is 17.2 Å². The van der Waals surface area contributed by atoms with Crippen LogP contribution in [0.1, 0.15) is 22.8 Å². The average Bonchev–Trinajstić information content (AvgIpc) is 2.43. The number of Topliss-reactive ketones (excluding diaryl/α,β-unsaturated/α-hetero) is 1. The fourth-order valence-corrected chi connectivity index (χ4v) is 1.80. The van der Waals surface area contributed by atoms with E-state index in [0.29, 0.717) is 5.56 Å². The van der Waals surface area contributed by atoms with Crippen LogP contribution in [0.25, 0.3) is 0 Å². The smallest absolute Gasteiger partial charge is 0.236 e. The van der Waals surface area contributed by atoms with Gasteiger partial charge in [-0.25, -0.2) is 8.42 Å². The number of likely N-dealkylation sites (N-methyl/N-ethyl adjacent to an activating group) is 1. The minimum Gasteiger partial charge on any atom is -0.344 e. The third-order valence-corrected chi connectivity index (χ3v) is 4.09. The van der Waals surface area contributed by atoms with Crippen molar-refractivity contribution in [2.24, 2.45) is 0 Å². The van der Waals surface area contributed by atoms with Gasteiger partial charge in [0.1, 0.15) is 0 Å². The van der Waals surface area contributed by atoms with Gasteiger partial charge >= 0.3 is 0 Å². The fourth-order valence-electron chi connectivity index (χ4n) is 1.45. The van der Waals surface area contributed by atoms with Gasteiger partial charge in [-0.2, -0.15) is 4.31 Å². The summed E-state index contributed by atoms with van der Waals surface area (Å²) in [5.74, 6) is 5.17. The van der Waals surface area contributed by atoms with Gasteiger partial charge in [-0.05, 0) is 19.1 Å². The van der Waals surface area contributed by atoms with Crippen LogP contribution < -0.4 is 5.32 Å². The second-order valence-corrected chi connectivity index (χ2v) is 6.82. The lowest BCUT2D eigenvalue weighted by molar-refractivity contribution is -0.120. The molecule has 0 bridgehead atoms. The van der Waals surface area contributed by atoms with Crippen molar-refractivity contribution in [2.75, 3.05) is 26.4 Å². The van der Waals surface area contributed by atoms with Crippen LogP contribution in [0.2, 0.25) is 0 Å². The van der Waals surface area contributed by atoms with E-state index in [-0.39, 0.29) is 18.9 Å². The summed E-state index contributed by atoms with van der Waals surface area (Å²) in [6, 6.07) is 6.82. The first-order valence-electron chi connectivity index (χ1n) is 6.48. The zero-order chi connectivity index (χ0) is 16.8. The van der Waals surface area contributed by atoms with Gasteiger partial charge in [0.25, 0.3) is 0 Å². The zero-order valence-corrected chi connectivity index (χ0v) is 13.5. The largest absolute Gasteiger partial charge is 0.344 e. The molecule has 1 aromatic rings. The second kappa shape index (κ2) is 7.73. The number of rotatable bonds is 5. The van der Waals surface area contributed by atoms with E-state index in [0.717, 1.165) is 16.1 Å². The fraction of sp³-hybridized carbons (Fsp3) is 0.333. The molecule has 0 unspecified atom stereocenters. The minimum absolute atomic E-state index is 0.0123. The molecular weight excluding hydrogens is 304 g/mol. The van der Waals surface area contributed by atoms with E-state index < -0.39 is 15.9 Å². The van der Waals surface area contributed by atoms with Crippen molar-refractivity contribution in [1.82, 2.24) is 9.62 Å². The predicted octanol–water partition coefficient (Wildman–Crippen LogP) is 0.248. The van der Waals surface area contributed by atoms with Gasteiger partial charge in [0, 0.05) is 18.2 Å². The normalized spacial score (nSPS) is 10.7. The van der Waals surface area contributed by atoms with Gasteiger partial charge in [-0.1, -0.05) is 24.0 Å². The van der Waals surface area contributed by atoms with Gasteiger partial charge in [-0.3, -0.25) is 9.59 Å². The Bertz CT molecular complexity index is 712. The standard InChI is InChI=1S/C15H18N2O4S/c1-12(18)14-8-6-13(7-9-14)5-4-10-16-15(19)11-17(2)22(3,20)21/h6-9H,10-11H2,1-3H3,(H,16,19). The summed E-state index contributed by atoms with van der Waals surface area (Å²) in [4.78, 5) is 22.6. The van der Waals surface area contributed by atoms with Crippen LogP contribution in [0, 0.1) is 11.8 Å². The number of amides is 1. The minimum atomic E-state index is -3.37. The Morgan fingerprint density at radius 1 is 1.23 bits per heavy atom. The maximum atomic E-state index is 11.5. The highest BCUT2D eigenvalue weighted by atomic mass is 32.2. The molecular formula is C15H18N2O4S. The van der Waals surface area contributed by atoms with Crippen LogP contribution >= 0.6 is 0 Å². The monoisotopic (exact) mass is 322 g/mol. The molecule has 118 valence electrons. The van der Waals surface area contributed by atoms with Crippen LogP contribution in [0.5, 0.6) is 0 Å².